The van der Waals surface area contributed by atoms with Crippen LogP contribution in [0.15, 0.2) is 78.4 Å². The lowest BCUT2D eigenvalue weighted by molar-refractivity contribution is -0.118. The van der Waals surface area contributed by atoms with Gasteiger partial charge in [-0.05, 0) is 61.9 Å². The summed E-state index contributed by atoms with van der Waals surface area (Å²) in [6.07, 6.45) is 1.50. The van der Waals surface area contributed by atoms with Crippen molar-refractivity contribution >= 4 is 35.2 Å². The first-order chi connectivity index (χ1) is 16.9. The van der Waals surface area contributed by atoms with E-state index in [-0.39, 0.29) is 18.1 Å². The fourth-order valence-electron chi connectivity index (χ4n) is 3.46. The van der Waals surface area contributed by atoms with E-state index in [0.29, 0.717) is 35.0 Å². The molecule has 1 fully saturated rings. The second-order valence-corrected chi connectivity index (χ2v) is 7.82. The van der Waals surface area contributed by atoms with E-state index in [1.807, 2.05) is 44.2 Å². The molecule has 1 aliphatic heterocycles. The van der Waals surface area contributed by atoms with Gasteiger partial charge in [-0.15, -0.1) is 0 Å². The third kappa shape index (κ3) is 5.67. The third-order valence-corrected chi connectivity index (χ3v) is 5.18. The Balaban J connectivity index is 1.47. The average Bonchev–Trinajstić information content (AvgIpc) is 3.14. The molecule has 0 atom stereocenters. The fourth-order valence-corrected chi connectivity index (χ4v) is 3.46. The van der Waals surface area contributed by atoms with E-state index < -0.39 is 11.8 Å². The average molecular weight is 472 g/mol. The molecule has 1 saturated heterocycles. The summed E-state index contributed by atoms with van der Waals surface area (Å²) in [4.78, 5) is 37.6. The van der Waals surface area contributed by atoms with Crippen LogP contribution in [-0.2, 0) is 14.4 Å². The molecule has 0 radical (unpaired) electrons. The van der Waals surface area contributed by atoms with Crippen LogP contribution in [0.5, 0.6) is 11.5 Å². The summed E-state index contributed by atoms with van der Waals surface area (Å²) in [6, 6.07) is 21.3. The van der Waals surface area contributed by atoms with Crippen molar-refractivity contribution in [2.75, 3.05) is 23.5 Å². The molecule has 0 spiro atoms. The standard InChI is InChI=1S/C27H25N3O5/c1-3-34-24-16-19(15-22-26(32)29-30(27(22)33)21-7-5-4-6-8-21)11-14-23(24)35-17-25(31)28-20-12-9-18(2)10-13-20/h4-16H,3,17H2,1-2H3,(H,28,31)(H,29,32)/b22-15-. The van der Waals surface area contributed by atoms with Crippen LogP contribution in [0.1, 0.15) is 18.1 Å². The number of hydrazine groups is 1. The van der Waals surface area contributed by atoms with Crippen LogP contribution in [0.25, 0.3) is 6.08 Å². The number of amides is 3. The number of nitrogens with one attached hydrogen (secondary N) is 2. The maximum Gasteiger partial charge on any atom is 0.282 e. The van der Waals surface area contributed by atoms with E-state index in [0.717, 1.165) is 5.56 Å². The first-order valence-corrected chi connectivity index (χ1v) is 11.1. The zero-order valence-electron chi connectivity index (χ0n) is 19.4. The van der Waals surface area contributed by atoms with E-state index in [4.69, 9.17) is 9.47 Å². The molecule has 35 heavy (non-hydrogen) atoms. The largest absolute Gasteiger partial charge is 0.490 e. The predicted molar refractivity (Wildman–Crippen MR) is 133 cm³/mol. The zero-order valence-corrected chi connectivity index (χ0v) is 19.4. The van der Waals surface area contributed by atoms with Crippen LogP contribution in [0, 0.1) is 6.92 Å². The van der Waals surface area contributed by atoms with E-state index in [2.05, 4.69) is 10.7 Å². The topological polar surface area (TPSA) is 97.0 Å². The van der Waals surface area contributed by atoms with E-state index in [9.17, 15) is 14.4 Å². The highest BCUT2D eigenvalue weighted by molar-refractivity contribution is 6.31. The molecule has 3 aromatic rings. The van der Waals surface area contributed by atoms with Crippen molar-refractivity contribution in [1.82, 2.24) is 5.43 Å². The minimum absolute atomic E-state index is 0.00226. The Hall–Kier alpha value is -4.59. The Morgan fingerprint density at radius 2 is 1.71 bits per heavy atom. The van der Waals surface area contributed by atoms with Crippen LogP contribution >= 0.6 is 0 Å². The summed E-state index contributed by atoms with van der Waals surface area (Å²) in [5.41, 5.74) is 5.50. The summed E-state index contributed by atoms with van der Waals surface area (Å²) in [6.45, 7) is 3.96. The smallest absolute Gasteiger partial charge is 0.282 e. The molecule has 8 heteroatoms. The van der Waals surface area contributed by atoms with Gasteiger partial charge in [-0.2, -0.15) is 0 Å². The highest BCUT2D eigenvalue weighted by Gasteiger charge is 2.34. The molecule has 0 bridgehead atoms. The maximum absolute atomic E-state index is 12.8. The highest BCUT2D eigenvalue weighted by Crippen LogP contribution is 2.30. The molecule has 0 saturated carbocycles. The maximum atomic E-state index is 12.8. The summed E-state index contributed by atoms with van der Waals surface area (Å²) >= 11 is 0. The van der Waals surface area contributed by atoms with Crippen LogP contribution in [0.3, 0.4) is 0 Å². The van der Waals surface area contributed by atoms with Gasteiger partial charge in [0.25, 0.3) is 17.7 Å². The first kappa shape index (κ1) is 23.6. The normalized spacial score (nSPS) is 14.1. The SMILES string of the molecule is CCOc1cc(/C=C2/C(=O)NN(c3ccccc3)C2=O)ccc1OCC(=O)Nc1ccc(C)cc1. The second-order valence-electron chi connectivity index (χ2n) is 7.82. The number of anilines is 2. The van der Waals surface area contributed by atoms with Crippen LogP contribution in [0.4, 0.5) is 11.4 Å². The van der Waals surface area contributed by atoms with Crippen molar-refractivity contribution in [2.45, 2.75) is 13.8 Å². The van der Waals surface area contributed by atoms with Crippen molar-refractivity contribution in [2.24, 2.45) is 0 Å². The van der Waals surface area contributed by atoms with Crippen molar-refractivity contribution in [3.8, 4) is 11.5 Å². The lowest BCUT2D eigenvalue weighted by atomic mass is 10.1. The van der Waals surface area contributed by atoms with Gasteiger partial charge in [-0.3, -0.25) is 19.8 Å². The lowest BCUT2D eigenvalue weighted by Gasteiger charge is -2.14. The number of carbonyl (C=O) groups excluding carboxylic acids is 3. The lowest BCUT2D eigenvalue weighted by Crippen LogP contribution is -2.35. The van der Waals surface area contributed by atoms with Gasteiger partial charge in [0.1, 0.15) is 5.57 Å². The van der Waals surface area contributed by atoms with E-state index in [1.54, 1.807) is 42.5 Å². The van der Waals surface area contributed by atoms with Gasteiger partial charge >= 0.3 is 0 Å². The molecule has 178 valence electrons. The number of hydrogen-bond acceptors (Lipinski definition) is 5. The van der Waals surface area contributed by atoms with Crippen molar-refractivity contribution in [3.63, 3.8) is 0 Å². The summed E-state index contributed by atoms with van der Waals surface area (Å²) in [5, 5.41) is 3.99. The van der Waals surface area contributed by atoms with Crippen molar-refractivity contribution in [3.05, 3.63) is 89.5 Å². The Bertz CT molecular complexity index is 1270. The van der Waals surface area contributed by atoms with Gasteiger partial charge in [-0.1, -0.05) is 42.0 Å². The monoisotopic (exact) mass is 471 g/mol. The molecule has 8 nitrogen and oxygen atoms in total. The number of benzene rings is 3. The van der Waals surface area contributed by atoms with Gasteiger partial charge in [0.05, 0.1) is 12.3 Å². The minimum Gasteiger partial charge on any atom is -0.490 e. The third-order valence-electron chi connectivity index (χ3n) is 5.18. The van der Waals surface area contributed by atoms with Crippen LogP contribution < -0.4 is 25.2 Å². The molecule has 4 rings (SSSR count). The zero-order chi connectivity index (χ0) is 24.8. The number of hydrogen-bond donors (Lipinski definition) is 2. The summed E-state index contributed by atoms with van der Waals surface area (Å²) in [7, 11) is 0. The Morgan fingerprint density at radius 3 is 2.43 bits per heavy atom. The van der Waals surface area contributed by atoms with Crippen LogP contribution in [-0.4, -0.2) is 30.9 Å². The number of carbonyl (C=O) groups is 3. The van der Waals surface area contributed by atoms with Crippen molar-refractivity contribution in [1.29, 1.82) is 0 Å². The molecule has 2 N–H and O–H groups in total. The molecule has 3 amide bonds. The number of nitrogens with zero attached hydrogens (tertiary/aromatic N) is 1. The van der Waals surface area contributed by atoms with Crippen molar-refractivity contribution < 1.29 is 23.9 Å². The Kier molecular flexibility index (Phi) is 7.11. The molecule has 0 aromatic heterocycles. The minimum atomic E-state index is -0.495. The number of aryl methyl sites for hydroxylation is 1. The Labute approximate surface area is 203 Å². The summed E-state index contributed by atoms with van der Waals surface area (Å²) < 4.78 is 11.3. The van der Waals surface area contributed by atoms with Gasteiger partial charge in [0.2, 0.25) is 0 Å². The second kappa shape index (κ2) is 10.6. The number of rotatable bonds is 8. The van der Waals surface area contributed by atoms with Gasteiger partial charge in [0, 0.05) is 5.69 Å². The molecule has 0 aliphatic carbocycles. The number of para-hydroxylation sites is 1. The number of ether oxygens (including phenoxy) is 2. The van der Waals surface area contributed by atoms with Gasteiger partial charge in [0.15, 0.2) is 18.1 Å². The first-order valence-electron chi connectivity index (χ1n) is 11.1. The molecule has 0 unspecified atom stereocenters. The fraction of sp³-hybridized carbons (Fsp3) is 0.148. The molecule has 1 aliphatic rings. The van der Waals surface area contributed by atoms with Gasteiger partial charge in [-0.25, -0.2) is 5.01 Å². The summed E-state index contributed by atoms with van der Waals surface area (Å²) in [5.74, 6) is -0.481. The van der Waals surface area contributed by atoms with E-state index in [1.165, 1.54) is 11.1 Å². The molecular weight excluding hydrogens is 446 g/mol. The quantitative estimate of drug-likeness (QED) is 0.384. The molecular formula is C27H25N3O5. The Morgan fingerprint density at radius 1 is 0.971 bits per heavy atom. The predicted octanol–water partition coefficient (Wildman–Crippen LogP) is 3.87. The highest BCUT2D eigenvalue weighted by atomic mass is 16.5. The van der Waals surface area contributed by atoms with Crippen LogP contribution in [0.2, 0.25) is 0 Å². The van der Waals surface area contributed by atoms with E-state index >= 15 is 0 Å². The van der Waals surface area contributed by atoms with Gasteiger partial charge < -0.3 is 14.8 Å². The molecule has 3 aromatic carbocycles. The molecule has 1 heterocycles.